The minimum atomic E-state index is -1.12. The molecule has 4 unspecified atom stereocenters. The van der Waals surface area contributed by atoms with Gasteiger partial charge in [0.1, 0.15) is 0 Å². The summed E-state index contributed by atoms with van der Waals surface area (Å²) in [5.41, 5.74) is 1.91. The fraction of sp³-hybridized carbons (Fsp3) is 0.577. The van der Waals surface area contributed by atoms with Crippen LogP contribution >= 0.6 is 0 Å². The van der Waals surface area contributed by atoms with Crippen LogP contribution in [0, 0.1) is 5.92 Å². The summed E-state index contributed by atoms with van der Waals surface area (Å²) in [6.07, 6.45) is 14.0. The van der Waals surface area contributed by atoms with E-state index in [1.165, 1.54) is 43.1 Å². The molecule has 0 amide bonds. The summed E-state index contributed by atoms with van der Waals surface area (Å²) in [6, 6.07) is 8.47. The molecule has 2 aromatic rings. The molecule has 32 heavy (non-hydrogen) atoms. The average molecular weight is 434 g/mol. The summed E-state index contributed by atoms with van der Waals surface area (Å²) in [5, 5.41) is 10.4. The quantitative estimate of drug-likeness (QED) is 0.719. The van der Waals surface area contributed by atoms with Gasteiger partial charge < -0.3 is 5.11 Å². The summed E-state index contributed by atoms with van der Waals surface area (Å²) < 4.78 is 1.52. The smallest absolute Gasteiger partial charge is 0.372 e. The number of aromatic carboxylic acids is 1. The summed E-state index contributed by atoms with van der Waals surface area (Å²) >= 11 is 0. The highest BCUT2D eigenvalue weighted by Crippen LogP contribution is 2.46. The lowest BCUT2D eigenvalue weighted by Gasteiger charge is -2.54. The van der Waals surface area contributed by atoms with Gasteiger partial charge in [-0.3, -0.25) is 14.3 Å². The molecule has 4 bridgehead atoms. The van der Waals surface area contributed by atoms with Crippen LogP contribution in [0.5, 0.6) is 0 Å². The van der Waals surface area contributed by atoms with Crippen LogP contribution in [-0.2, 0) is 0 Å². The number of nitrogens with zero attached hydrogens (tertiary/aromatic N) is 3. The van der Waals surface area contributed by atoms with Crippen molar-refractivity contribution in [2.45, 2.75) is 88.4 Å². The van der Waals surface area contributed by atoms with E-state index in [0.29, 0.717) is 29.0 Å². The second kappa shape index (κ2) is 7.84. The van der Waals surface area contributed by atoms with E-state index in [1.54, 1.807) is 23.8 Å². The highest BCUT2D eigenvalue weighted by atomic mass is 16.4. The van der Waals surface area contributed by atoms with Crippen molar-refractivity contribution in [1.82, 2.24) is 14.5 Å². The molecule has 6 heteroatoms. The maximum atomic E-state index is 13.4. The molecular formula is C26H31N3O3. The molecule has 0 spiro atoms. The minimum absolute atomic E-state index is 0.0976. The number of carboxylic acids is 1. The number of benzene rings is 1. The molecule has 4 aliphatic rings. The van der Waals surface area contributed by atoms with E-state index < -0.39 is 5.97 Å². The summed E-state index contributed by atoms with van der Waals surface area (Å²) in [7, 11) is 0. The second-order valence-corrected chi connectivity index (χ2v) is 10.3. The Hall–Kier alpha value is -2.47. The van der Waals surface area contributed by atoms with Gasteiger partial charge >= 0.3 is 5.97 Å². The van der Waals surface area contributed by atoms with E-state index in [-0.39, 0.29) is 17.4 Å². The van der Waals surface area contributed by atoms with Crippen LogP contribution in [0.2, 0.25) is 0 Å². The molecule has 6 rings (SSSR count). The number of rotatable bonds is 3. The van der Waals surface area contributed by atoms with Gasteiger partial charge in [0.15, 0.2) is 0 Å². The van der Waals surface area contributed by atoms with Crippen LogP contribution in [0.4, 0.5) is 0 Å². The first-order chi connectivity index (χ1) is 15.6. The van der Waals surface area contributed by atoms with E-state index >= 15 is 0 Å². The number of allylic oxidation sites excluding steroid dienone is 1. The molecule has 1 N–H and O–H groups in total. The lowest BCUT2D eigenvalue weighted by Crippen LogP contribution is -2.58. The molecule has 0 radical (unpaired) electrons. The van der Waals surface area contributed by atoms with Gasteiger partial charge in [-0.25, -0.2) is 9.78 Å². The van der Waals surface area contributed by atoms with E-state index in [0.717, 1.165) is 31.6 Å². The van der Waals surface area contributed by atoms with E-state index in [2.05, 4.69) is 16.0 Å². The first kappa shape index (κ1) is 20.2. The second-order valence-electron chi connectivity index (χ2n) is 10.3. The maximum absolute atomic E-state index is 13.4. The first-order valence-corrected chi connectivity index (χ1v) is 12.3. The summed E-state index contributed by atoms with van der Waals surface area (Å²) in [4.78, 5) is 32.7. The zero-order valence-electron chi connectivity index (χ0n) is 18.4. The Morgan fingerprint density at radius 2 is 1.75 bits per heavy atom. The van der Waals surface area contributed by atoms with Gasteiger partial charge in [0.25, 0.3) is 5.56 Å². The van der Waals surface area contributed by atoms with Crippen LogP contribution in [-0.4, -0.2) is 43.7 Å². The SMILES string of the molecule is O=C(O)c1nc2ccccc2c(=O)n1C1CC2CCCC(C1)N2C1CC2=CCCC(C2)C1. The van der Waals surface area contributed by atoms with E-state index in [4.69, 9.17) is 0 Å². The molecule has 1 aromatic heterocycles. The largest absolute Gasteiger partial charge is 0.475 e. The van der Waals surface area contributed by atoms with Gasteiger partial charge in [-0.2, -0.15) is 0 Å². The number of hydrogen-bond acceptors (Lipinski definition) is 4. The van der Waals surface area contributed by atoms with Gasteiger partial charge in [0.2, 0.25) is 5.82 Å². The number of carboxylic acid groups (broad SMARTS) is 1. The van der Waals surface area contributed by atoms with E-state index in [9.17, 15) is 14.7 Å². The molecule has 3 fully saturated rings. The van der Waals surface area contributed by atoms with Crippen LogP contribution in [0.3, 0.4) is 0 Å². The lowest BCUT2D eigenvalue weighted by atomic mass is 9.72. The minimum Gasteiger partial charge on any atom is -0.475 e. The van der Waals surface area contributed by atoms with Gasteiger partial charge in [-0.1, -0.05) is 30.2 Å². The number of para-hydroxylation sites is 1. The van der Waals surface area contributed by atoms with Crippen molar-refractivity contribution >= 4 is 16.9 Å². The van der Waals surface area contributed by atoms with Crippen molar-refractivity contribution < 1.29 is 9.90 Å². The monoisotopic (exact) mass is 433 g/mol. The fourth-order valence-electron chi connectivity index (χ4n) is 7.28. The molecule has 6 nitrogen and oxygen atoms in total. The van der Waals surface area contributed by atoms with Crippen molar-refractivity contribution in [2.24, 2.45) is 5.92 Å². The van der Waals surface area contributed by atoms with Crippen molar-refractivity contribution in [2.75, 3.05) is 0 Å². The predicted octanol–water partition coefficient (Wildman–Crippen LogP) is 4.54. The Balaban J connectivity index is 1.35. The Labute approximate surface area is 187 Å². The molecule has 1 aromatic carbocycles. The van der Waals surface area contributed by atoms with E-state index in [1.807, 2.05) is 6.07 Å². The standard InChI is InChI=1S/C26H31N3O3/c30-25-22-9-1-2-10-23(22)27-24(26(31)32)29(25)21-14-18-7-4-8-19(15-21)28(18)20-12-16-5-3-6-17(11-16)13-20/h1-2,5,9-10,17-21H,3-4,6-8,11-15H2,(H,31,32). The molecule has 1 saturated carbocycles. The Morgan fingerprint density at radius 1 is 0.969 bits per heavy atom. The van der Waals surface area contributed by atoms with Gasteiger partial charge in [0.05, 0.1) is 10.9 Å². The number of hydrogen-bond donors (Lipinski definition) is 1. The van der Waals surface area contributed by atoms with Crippen molar-refractivity contribution in [3.8, 4) is 0 Å². The third-order valence-corrected chi connectivity index (χ3v) is 8.45. The number of fused-ring (bicyclic) bond motifs is 5. The fourth-order valence-corrected chi connectivity index (χ4v) is 7.28. The summed E-state index contributed by atoms with van der Waals surface area (Å²) in [5.74, 6) is -0.395. The molecule has 2 aliphatic carbocycles. The Kier molecular flexibility index (Phi) is 4.94. The van der Waals surface area contributed by atoms with Gasteiger partial charge in [-0.05, 0) is 75.8 Å². The van der Waals surface area contributed by atoms with Gasteiger partial charge in [-0.15, -0.1) is 0 Å². The zero-order chi connectivity index (χ0) is 21.8. The highest BCUT2D eigenvalue weighted by molar-refractivity contribution is 5.87. The molecule has 2 saturated heterocycles. The molecule has 2 aliphatic heterocycles. The van der Waals surface area contributed by atoms with Crippen LogP contribution in [0.1, 0.15) is 80.9 Å². The summed E-state index contributed by atoms with van der Waals surface area (Å²) in [6.45, 7) is 0. The highest BCUT2D eigenvalue weighted by Gasteiger charge is 2.44. The maximum Gasteiger partial charge on any atom is 0.372 e. The normalized spacial score (nSPS) is 32.5. The number of aromatic nitrogens is 2. The Bertz CT molecular complexity index is 1140. The first-order valence-electron chi connectivity index (χ1n) is 12.3. The molecule has 4 atom stereocenters. The van der Waals surface area contributed by atoms with Crippen molar-refractivity contribution in [1.29, 1.82) is 0 Å². The predicted molar refractivity (Wildman–Crippen MR) is 123 cm³/mol. The average Bonchev–Trinajstić information content (AvgIpc) is 2.78. The van der Waals surface area contributed by atoms with Crippen molar-refractivity contribution in [3.05, 3.63) is 52.1 Å². The molecule has 168 valence electrons. The number of piperidine rings is 2. The zero-order valence-corrected chi connectivity index (χ0v) is 18.4. The third-order valence-electron chi connectivity index (χ3n) is 8.45. The van der Waals surface area contributed by atoms with Gasteiger partial charge in [0, 0.05) is 24.2 Å². The van der Waals surface area contributed by atoms with Crippen LogP contribution in [0.25, 0.3) is 10.9 Å². The lowest BCUT2D eigenvalue weighted by molar-refractivity contribution is -0.0308. The third kappa shape index (κ3) is 3.31. The Morgan fingerprint density at radius 3 is 2.50 bits per heavy atom. The molecular weight excluding hydrogens is 402 g/mol. The number of carbonyl (C=O) groups is 1. The molecule has 3 heterocycles. The van der Waals surface area contributed by atoms with Crippen LogP contribution < -0.4 is 5.56 Å². The van der Waals surface area contributed by atoms with Crippen molar-refractivity contribution in [3.63, 3.8) is 0 Å². The van der Waals surface area contributed by atoms with Crippen LogP contribution in [0.15, 0.2) is 40.7 Å². The topological polar surface area (TPSA) is 75.4 Å².